The molecule has 21 heavy (non-hydrogen) atoms. The number of hydrogen-bond acceptors (Lipinski definition) is 3. The van der Waals surface area contributed by atoms with Crippen LogP contribution in [0.15, 0.2) is 36.9 Å². The minimum atomic E-state index is -0.301. The van der Waals surface area contributed by atoms with Gasteiger partial charge in [-0.1, -0.05) is 31.6 Å². The smallest absolute Gasteiger partial charge is 0.273 e. The number of carbonyl (C=O) groups is 1. The normalized spacial score (nSPS) is 9.57. The molecule has 1 amide bonds. The molecule has 6 heteroatoms. The molecule has 0 aliphatic heterocycles. The van der Waals surface area contributed by atoms with E-state index < -0.39 is 0 Å². The first-order valence-electron chi connectivity index (χ1n) is 6.86. The molecule has 0 saturated carbocycles. The molecule has 0 atom stereocenters. The minimum absolute atomic E-state index is 0.301. The van der Waals surface area contributed by atoms with Gasteiger partial charge in [0.05, 0.1) is 12.2 Å². The number of amides is 1. The number of ether oxygens (including phenoxy) is 1. The number of rotatable bonds is 7. The summed E-state index contributed by atoms with van der Waals surface area (Å²) in [4.78, 5) is 12.1. The summed E-state index contributed by atoms with van der Waals surface area (Å²) in [5.74, 6) is 0.264. The van der Waals surface area contributed by atoms with Crippen molar-refractivity contribution in [3.63, 3.8) is 0 Å². The monoisotopic (exact) mass is 307 g/mol. The second-order valence-corrected chi connectivity index (χ2v) is 4.68. The van der Waals surface area contributed by atoms with Crippen molar-refractivity contribution in [2.24, 2.45) is 0 Å². The van der Waals surface area contributed by atoms with Crippen LogP contribution in [0, 0.1) is 0 Å². The maximum atomic E-state index is 12.1. The summed E-state index contributed by atoms with van der Waals surface area (Å²) in [6.07, 6.45) is 3.66. The van der Waals surface area contributed by atoms with Gasteiger partial charge >= 0.3 is 0 Å². The average Bonchev–Trinajstić information content (AvgIpc) is 2.51. The lowest BCUT2D eigenvalue weighted by Crippen LogP contribution is -2.46. The van der Waals surface area contributed by atoms with Crippen LogP contribution in [0.2, 0.25) is 0 Å². The Kier molecular flexibility index (Phi) is 7.89. The third-order valence-electron chi connectivity index (χ3n) is 2.58. The van der Waals surface area contributed by atoms with Crippen molar-refractivity contribution in [2.75, 3.05) is 13.2 Å². The van der Waals surface area contributed by atoms with Gasteiger partial charge in [0.1, 0.15) is 5.75 Å². The molecule has 0 unspecified atom stereocenters. The summed E-state index contributed by atoms with van der Waals surface area (Å²) in [6, 6.07) is 7.11. The second-order valence-electron chi connectivity index (χ2n) is 4.28. The van der Waals surface area contributed by atoms with E-state index in [0.717, 1.165) is 12.8 Å². The lowest BCUT2D eigenvalue weighted by molar-refractivity contribution is 0.0939. The van der Waals surface area contributed by atoms with Gasteiger partial charge in [-0.2, -0.15) is 0 Å². The third-order valence-corrected chi connectivity index (χ3v) is 2.83. The van der Waals surface area contributed by atoms with E-state index in [1.165, 1.54) is 0 Å². The number of benzene rings is 1. The first kappa shape index (κ1) is 17.0. The van der Waals surface area contributed by atoms with Crippen LogP contribution in [-0.2, 0) is 0 Å². The van der Waals surface area contributed by atoms with Gasteiger partial charge in [0, 0.05) is 6.54 Å². The fraction of sp³-hybridized carbons (Fsp3) is 0.333. The Bertz CT molecular complexity index is 492. The number of hydrogen-bond donors (Lipinski definition) is 3. The largest absolute Gasteiger partial charge is 0.493 e. The first-order valence-corrected chi connectivity index (χ1v) is 7.26. The van der Waals surface area contributed by atoms with Crippen molar-refractivity contribution in [1.82, 2.24) is 16.2 Å². The van der Waals surface area contributed by atoms with Gasteiger partial charge in [-0.05, 0) is 30.8 Å². The fourth-order valence-corrected chi connectivity index (χ4v) is 1.63. The molecule has 0 saturated heterocycles. The number of unbranched alkanes of at least 4 members (excludes halogenated alkanes) is 1. The zero-order chi connectivity index (χ0) is 15.5. The molecule has 0 radical (unpaired) electrons. The fourth-order valence-electron chi connectivity index (χ4n) is 1.50. The van der Waals surface area contributed by atoms with Gasteiger partial charge in [0.15, 0.2) is 5.11 Å². The SMILES string of the molecule is C=CCNC(=S)NNC(=O)c1ccccc1OCCCC. The number of para-hydroxylation sites is 1. The van der Waals surface area contributed by atoms with Crippen LogP contribution < -0.4 is 20.9 Å². The molecule has 0 aliphatic rings. The molecule has 0 fully saturated rings. The topological polar surface area (TPSA) is 62.4 Å². The molecule has 0 aromatic heterocycles. The van der Waals surface area contributed by atoms with Crippen molar-refractivity contribution in [2.45, 2.75) is 19.8 Å². The second kappa shape index (κ2) is 9.77. The number of nitrogens with one attached hydrogen (secondary N) is 3. The molecule has 5 nitrogen and oxygen atoms in total. The molecule has 1 aromatic rings. The van der Waals surface area contributed by atoms with E-state index in [-0.39, 0.29) is 5.91 Å². The Morgan fingerprint density at radius 2 is 2.14 bits per heavy atom. The van der Waals surface area contributed by atoms with Crippen LogP contribution in [0.3, 0.4) is 0 Å². The Balaban J connectivity index is 2.56. The Morgan fingerprint density at radius 1 is 1.38 bits per heavy atom. The summed E-state index contributed by atoms with van der Waals surface area (Å²) in [5.41, 5.74) is 5.62. The van der Waals surface area contributed by atoms with Crippen LogP contribution in [0.25, 0.3) is 0 Å². The zero-order valence-electron chi connectivity index (χ0n) is 12.1. The highest BCUT2D eigenvalue weighted by Gasteiger charge is 2.11. The highest BCUT2D eigenvalue weighted by atomic mass is 32.1. The van der Waals surface area contributed by atoms with E-state index in [0.29, 0.717) is 29.6 Å². The van der Waals surface area contributed by atoms with Gasteiger partial charge in [0.2, 0.25) is 0 Å². The molecule has 0 aliphatic carbocycles. The minimum Gasteiger partial charge on any atom is -0.493 e. The van der Waals surface area contributed by atoms with Gasteiger partial charge < -0.3 is 10.1 Å². The molecule has 0 spiro atoms. The lowest BCUT2D eigenvalue weighted by Gasteiger charge is -2.13. The van der Waals surface area contributed by atoms with Gasteiger partial charge in [-0.3, -0.25) is 15.6 Å². The Labute approximate surface area is 130 Å². The quantitative estimate of drug-likeness (QED) is 0.312. The van der Waals surface area contributed by atoms with E-state index in [4.69, 9.17) is 17.0 Å². The average molecular weight is 307 g/mol. The van der Waals surface area contributed by atoms with Crippen LogP contribution in [0.1, 0.15) is 30.1 Å². The number of carbonyl (C=O) groups excluding carboxylic acids is 1. The molecule has 0 bridgehead atoms. The molecular formula is C15H21N3O2S. The zero-order valence-corrected chi connectivity index (χ0v) is 13.0. The predicted octanol–water partition coefficient (Wildman–Crippen LogP) is 2.16. The van der Waals surface area contributed by atoms with Crippen LogP contribution in [0.5, 0.6) is 5.75 Å². The van der Waals surface area contributed by atoms with Crippen LogP contribution in [-0.4, -0.2) is 24.2 Å². The first-order chi connectivity index (χ1) is 10.2. The summed E-state index contributed by atoms with van der Waals surface area (Å²) in [6.45, 7) is 6.77. The molecule has 1 rings (SSSR count). The van der Waals surface area contributed by atoms with Gasteiger partial charge in [-0.25, -0.2) is 0 Å². The molecule has 0 heterocycles. The van der Waals surface area contributed by atoms with E-state index >= 15 is 0 Å². The highest BCUT2D eigenvalue weighted by Crippen LogP contribution is 2.17. The van der Waals surface area contributed by atoms with Crippen molar-refractivity contribution >= 4 is 23.2 Å². The third kappa shape index (κ3) is 6.27. The standard InChI is InChI=1S/C15H21N3O2S/c1-3-5-11-20-13-9-7-6-8-12(13)14(19)17-18-15(21)16-10-4-2/h4,6-9H,2-3,5,10-11H2,1H3,(H,17,19)(H2,16,18,21). The maximum absolute atomic E-state index is 12.1. The molecule has 3 N–H and O–H groups in total. The highest BCUT2D eigenvalue weighted by molar-refractivity contribution is 7.80. The summed E-state index contributed by atoms with van der Waals surface area (Å²) < 4.78 is 5.62. The van der Waals surface area contributed by atoms with E-state index in [1.54, 1.807) is 24.3 Å². The van der Waals surface area contributed by atoms with Crippen LogP contribution in [0.4, 0.5) is 0 Å². The Hall–Kier alpha value is -2.08. The van der Waals surface area contributed by atoms with Crippen LogP contribution >= 0.6 is 12.2 Å². The van der Waals surface area contributed by atoms with Crippen molar-refractivity contribution < 1.29 is 9.53 Å². The number of thiocarbonyl (C=S) groups is 1. The van der Waals surface area contributed by atoms with Gasteiger partial charge in [0.25, 0.3) is 5.91 Å². The lowest BCUT2D eigenvalue weighted by atomic mass is 10.2. The maximum Gasteiger partial charge on any atom is 0.273 e. The van der Waals surface area contributed by atoms with Crippen molar-refractivity contribution in [3.05, 3.63) is 42.5 Å². The predicted molar refractivity (Wildman–Crippen MR) is 88.2 cm³/mol. The van der Waals surface area contributed by atoms with Crippen molar-refractivity contribution in [3.8, 4) is 5.75 Å². The summed E-state index contributed by atoms with van der Waals surface area (Å²) in [5, 5.41) is 3.18. The molecule has 114 valence electrons. The Morgan fingerprint density at radius 3 is 2.86 bits per heavy atom. The van der Waals surface area contributed by atoms with Crippen molar-refractivity contribution in [1.29, 1.82) is 0 Å². The summed E-state index contributed by atoms with van der Waals surface area (Å²) >= 11 is 4.99. The number of hydrazine groups is 1. The van der Waals surface area contributed by atoms with E-state index in [9.17, 15) is 4.79 Å². The molecular weight excluding hydrogens is 286 g/mol. The van der Waals surface area contributed by atoms with E-state index in [2.05, 4.69) is 29.7 Å². The van der Waals surface area contributed by atoms with Gasteiger partial charge in [-0.15, -0.1) is 6.58 Å². The summed E-state index contributed by atoms with van der Waals surface area (Å²) in [7, 11) is 0. The molecule has 1 aromatic carbocycles. The van der Waals surface area contributed by atoms with E-state index in [1.807, 2.05) is 6.07 Å².